The first-order valence-electron chi connectivity index (χ1n) is 9.86. The van der Waals surface area contributed by atoms with Gasteiger partial charge in [0.2, 0.25) is 0 Å². The first-order valence-corrected chi connectivity index (χ1v) is 9.86. The molecule has 4 rings (SSSR count). The molecule has 0 spiro atoms. The minimum atomic E-state index is -0.843. The fraction of sp³-hybridized carbons (Fsp3) is 0.550. The van der Waals surface area contributed by atoms with Crippen molar-refractivity contribution in [3.63, 3.8) is 0 Å². The van der Waals surface area contributed by atoms with Crippen molar-refractivity contribution in [3.05, 3.63) is 30.2 Å². The Kier molecular flexibility index (Phi) is 5.87. The van der Waals surface area contributed by atoms with Gasteiger partial charge in [-0.3, -0.25) is 4.90 Å². The average molecular weight is 386 g/mol. The zero-order chi connectivity index (χ0) is 19.3. The molecule has 2 aromatic rings. The monoisotopic (exact) mass is 386 g/mol. The summed E-state index contributed by atoms with van der Waals surface area (Å²) in [5, 5.41) is 10.2. The van der Waals surface area contributed by atoms with E-state index < -0.39 is 6.09 Å². The Morgan fingerprint density at radius 1 is 1.18 bits per heavy atom. The minimum absolute atomic E-state index is 0.259. The van der Waals surface area contributed by atoms with Gasteiger partial charge in [0.15, 0.2) is 0 Å². The van der Waals surface area contributed by atoms with Crippen molar-refractivity contribution in [1.29, 1.82) is 0 Å². The van der Waals surface area contributed by atoms with E-state index in [1.165, 1.54) is 4.90 Å². The fourth-order valence-electron chi connectivity index (χ4n) is 3.93. The largest absolute Gasteiger partial charge is 0.492 e. The van der Waals surface area contributed by atoms with Gasteiger partial charge in [-0.15, -0.1) is 0 Å². The number of amides is 1. The van der Waals surface area contributed by atoms with Gasteiger partial charge in [0, 0.05) is 50.1 Å². The quantitative estimate of drug-likeness (QED) is 0.843. The van der Waals surface area contributed by atoms with E-state index >= 15 is 0 Å². The summed E-state index contributed by atoms with van der Waals surface area (Å²) in [4.78, 5) is 23.9. The second-order valence-electron chi connectivity index (χ2n) is 7.28. The third-order valence-corrected chi connectivity index (χ3v) is 5.57. The number of hydrogen-bond acceptors (Lipinski definition) is 6. The molecule has 0 atom stereocenters. The van der Waals surface area contributed by atoms with E-state index in [1.54, 1.807) is 6.33 Å². The predicted octanol–water partition coefficient (Wildman–Crippen LogP) is 2.20. The minimum Gasteiger partial charge on any atom is -0.492 e. The molecule has 3 heterocycles. The van der Waals surface area contributed by atoms with Gasteiger partial charge in [0.1, 0.15) is 18.7 Å². The van der Waals surface area contributed by atoms with Crippen LogP contribution in [-0.4, -0.2) is 83.5 Å². The number of rotatable bonds is 5. The first kappa shape index (κ1) is 18.9. The number of nitrogens with zero attached hydrogens (tertiary/aromatic N) is 4. The van der Waals surface area contributed by atoms with Crippen LogP contribution in [0, 0.1) is 0 Å². The summed E-state index contributed by atoms with van der Waals surface area (Å²) >= 11 is 0. The molecule has 0 unspecified atom stereocenters. The first-order chi connectivity index (χ1) is 13.7. The van der Waals surface area contributed by atoms with Crippen molar-refractivity contribution < 1.29 is 19.4 Å². The lowest BCUT2D eigenvalue weighted by molar-refractivity contribution is 0.0322. The van der Waals surface area contributed by atoms with E-state index in [2.05, 4.69) is 14.9 Å². The molecule has 1 N–H and O–H groups in total. The summed E-state index contributed by atoms with van der Waals surface area (Å²) in [6, 6.07) is 5.96. The summed E-state index contributed by atoms with van der Waals surface area (Å²) in [6.45, 7) is 6.12. The van der Waals surface area contributed by atoms with E-state index in [-0.39, 0.29) is 5.92 Å². The number of hydrogen-bond donors (Lipinski definition) is 1. The maximum atomic E-state index is 11.1. The third-order valence-electron chi connectivity index (χ3n) is 5.57. The van der Waals surface area contributed by atoms with E-state index in [4.69, 9.17) is 14.6 Å². The lowest BCUT2D eigenvalue weighted by Crippen LogP contribution is -2.38. The van der Waals surface area contributed by atoms with Gasteiger partial charge in [0.05, 0.1) is 24.4 Å². The van der Waals surface area contributed by atoms with Gasteiger partial charge in [-0.25, -0.2) is 14.8 Å². The van der Waals surface area contributed by atoms with Crippen LogP contribution in [0.4, 0.5) is 4.79 Å². The molecule has 1 aromatic heterocycles. The van der Waals surface area contributed by atoms with Crippen LogP contribution in [0.15, 0.2) is 24.5 Å². The molecule has 8 nitrogen and oxygen atoms in total. The normalized spacial score (nSPS) is 19.1. The van der Waals surface area contributed by atoms with Crippen LogP contribution in [0.5, 0.6) is 5.75 Å². The van der Waals surface area contributed by atoms with Crippen molar-refractivity contribution in [2.75, 3.05) is 52.5 Å². The highest BCUT2D eigenvalue weighted by molar-refractivity contribution is 5.82. The molecule has 2 saturated heterocycles. The molecular formula is C20H26N4O4. The highest BCUT2D eigenvalue weighted by Crippen LogP contribution is 2.32. The summed E-state index contributed by atoms with van der Waals surface area (Å²) in [7, 11) is 0. The lowest BCUT2D eigenvalue weighted by Gasteiger charge is -2.30. The van der Waals surface area contributed by atoms with Crippen LogP contribution in [0.25, 0.3) is 10.9 Å². The number of fused-ring (bicyclic) bond motifs is 1. The number of morpholine rings is 1. The van der Waals surface area contributed by atoms with Crippen molar-refractivity contribution in [2.45, 2.75) is 18.8 Å². The van der Waals surface area contributed by atoms with E-state index in [9.17, 15) is 4.79 Å². The predicted molar refractivity (Wildman–Crippen MR) is 104 cm³/mol. The van der Waals surface area contributed by atoms with Crippen LogP contribution in [0.2, 0.25) is 0 Å². The zero-order valence-electron chi connectivity index (χ0n) is 15.9. The Morgan fingerprint density at radius 3 is 2.71 bits per heavy atom. The van der Waals surface area contributed by atoms with Gasteiger partial charge < -0.3 is 19.5 Å². The molecule has 0 radical (unpaired) electrons. The molecule has 28 heavy (non-hydrogen) atoms. The fourth-order valence-corrected chi connectivity index (χ4v) is 3.93. The van der Waals surface area contributed by atoms with E-state index in [0.29, 0.717) is 19.7 Å². The number of piperidine rings is 1. The molecule has 0 bridgehead atoms. The number of aromatic nitrogens is 2. The van der Waals surface area contributed by atoms with Gasteiger partial charge in [0.25, 0.3) is 0 Å². The van der Waals surface area contributed by atoms with Crippen molar-refractivity contribution in [1.82, 2.24) is 19.8 Å². The number of benzene rings is 1. The van der Waals surface area contributed by atoms with Crippen molar-refractivity contribution >= 4 is 17.0 Å². The Hall–Kier alpha value is -2.45. The Labute approximate surface area is 164 Å². The van der Waals surface area contributed by atoms with Crippen molar-refractivity contribution in [2.24, 2.45) is 0 Å². The third kappa shape index (κ3) is 4.34. The second-order valence-corrected chi connectivity index (χ2v) is 7.28. The molecule has 0 aliphatic carbocycles. The molecule has 1 aromatic carbocycles. The Bertz CT molecular complexity index is 817. The highest BCUT2D eigenvalue weighted by atomic mass is 16.5. The summed E-state index contributed by atoms with van der Waals surface area (Å²) in [5.74, 6) is 1.07. The van der Waals surface area contributed by atoms with Gasteiger partial charge in [-0.05, 0) is 25.0 Å². The van der Waals surface area contributed by atoms with Gasteiger partial charge >= 0.3 is 6.09 Å². The Balaban J connectivity index is 1.40. The van der Waals surface area contributed by atoms with Crippen LogP contribution < -0.4 is 4.74 Å². The Morgan fingerprint density at radius 2 is 1.96 bits per heavy atom. The number of carboxylic acid groups (broad SMARTS) is 1. The van der Waals surface area contributed by atoms with Gasteiger partial charge in [-0.1, -0.05) is 0 Å². The summed E-state index contributed by atoms with van der Waals surface area (Å²) in [5.41, 5.74) is 1.88. The van der Waals surface area contributed by atoms with E-state index in [1.807, 2.05) is 18.2 Å². The molecule has 150 valence electrons. The van der Waals surface area contributed by atoms with Crippen molar-refractivity contribution in [3.8, 4) is 5.75 Å². The highest BCUT2D eigenvalue weighted by Gasteiger charge is 2.25. The molecule has 2 aliphatic heterocycles. The summed E-state index contributed by atoms with van der Waals surface area (Å²) in [6.07, 6.45) is 2.33. The van der Waals surface area contributed by atoms with Gasteiger partial charge in [-0.2, -0.15) is 0 Å². The van der Waals surface area contributed by atoms with Crippen LogP contribution in [-0.2, 0) is 4.74 Å². The molecule has 0 saturated carbocycles. The molecule has 8 heteroatoms. The van der Waals surface area contributed by atoms with E-state index in [0.717, 1.165) is 68.0 Å². The van der Waals surface area contributed by atoms with Crippen LogP contribution >= 0.6 is 0 Å². The lowest BCUT2D eigenvalue weighted by atomic mass is 9.91. The number of carbonyl (C=O) groups is 1. The molecule has 2 fully saturated rings. The van der Waals surface area contributed by atoms with Crippen LogP contribution in [0.3, 0.4) is 0 Å². The molecular weight excluding hydrogens is 360 g/mol. The molecule has 1 amide bonds. The second kappa shape index (κ2) is 8.70. The van der Waals surface area contributed by atoms with Crippen LogP contribution in [0.1, 0.15) is 24.5 Å². The maximum absolute atomic E-state index is 11.1. The SMILES string of the molecule is O=C(O)N1CCC(c2ncnc3cc(OCCN4CCOCC4)ccc23)CC1. The average Bonchev–Trinajstić information content (AvgIpc) is 2.74. The maximum Gasteiger partial charge on any atom is 0.407 e. The summed E-state index contributed by atoms with van der Waals surface area (Å²) < 4.78 is 11.3. The number of ether oxygens (including phenoxy) is 2. The standard InChI is InChI=1S/C20H26N4O4/c25-20(26)24-5-3-15(4-6-24)19-17-2-1-16(13-18(17)21-14-22-19)28-12-9-23-7-10-27-11-8-23/h1-2,13-15H,3-12H2,(H,25,26). The topological polar surface area (TPSA) is 88.0 Å². The smallest absolute Gasteiger partial charge is 0.407 e. The number of likely N-dealkylation sites (tertiary alicyclic amines) is 1. The molecule has 2 aliphatic rings. The zero-order valence-corrected chi connectivity index (χ0v) is 15.9.